The van der Waals surface area contributed by atoms with Crippen molar-refractivity contribution in [2.24, 2.45) is 5.92 Å². The Morgan fingerprint density at radius 2 is 2.11 bits per heavy atom. The van der Waals surface area contributed by atoms with Crippen molar-refractivity contribution in [3.63, 3.8) is 0 Å². The Kier molecular flexibility index (Phi) is 2.52. The normalized spacial score (nSPS) is 21.8. The van der Waals surface area contributed by atoms with Crippen LogP contribution >= 0.6 is 11.6 Å². The largest absolute Gasteiger partial charge is 0.481 e. The molecule has 92 valence electrons. The summed E-state index contributed by atoms with van der Waals surface area (Å²) in [6, 6.07) is 7.06. The number of carbonyl (C=O) groups is 1. The van der Waals surface area contributed by atoms with Crippen LogP contribution in [0, 0.1) is 5.92 Å². The van der Waals surface area contributed by atoms with E-state index >= 15 is 0 Å². The first kappa shape index (κ1) is 11.2. The molecule has 7 heteroatoms. The number of tetrazole rings is 1. The molecule has 18 heavy (non-hydrogen) atoms. The Balaban J connectivity index is 1.93. The van der Waals surface area contributed by atoms with E-state index in [1.165, 1.54) is 0 Å². The highest BCUT2D eigenvalue weighted by molar-refractivity contribution is 6.30. The quantitative estimate of drug-likeness (QED) is 0.909. The number of benzene rings is 1. The summed E-state index contributed by atoms with van der Waals surface area (Å²) < 4.78 is 1.56. The Labute approximate surface area is 107 Å². The van der Waals surface area contributed by atoms with Crippen molar-refractivity contribution in [2.75, 3.05) is 0 Å². The monoisotopic (exact) mass is 264 g/mol. The second-order valence-electron chi connectivity index (χ2n) is 4.21. The van der Waals surface area contributed by atoms with Gasteiger partial charge in [-0.1, -0.05) is 11.6 Å². The van der Waals surface area contributed by atoms with Crippen LogP contribution in [-0.4, -0.2) is 31.3 Å². The Morgan fingerprint density at radius 3 is 2.72 bits per heavy atom. The molecule has 1 fully saturated rings. The SMILES string of the molecule is O=C(O)C1CC1c1nnnn1-c1ccc(Cl)cc1. The average molecular weight is 265 g/mol. The van der Waals surface area contributed by atoms with E-state index in [1.807, 2.05) is 0 Å². The van der Waals surface area contributed by atoms with Gasteiger partial charge in [-0.3, -0.25) is 4.79 Å². The van der Waals surface area contributed by atoms with Crippen molar-refractivity contribution in [1.29, 1.82) is 0 Å². The van der Waals surface area contributed by atoms with Gasteiger partial charge in [-0.25, -0.2) is 0 Å². The van der Waals surface area contributed by atoms with E-state index in [9.17, 15) is 4.79 Å². The fourth-order valence-corrected chi connectivity index (χ4v) is 2.07. The maximum Gasteiger partial charge on any atom is 0.307 e. The predicted molar refractivity (Wildman–Crippen MR) is 62.6 cm³/mol. The molecule has 0 amide bonds. The zero-order chi connectivity index (χ0) is 12.7. The third kappa shape index (κ3) is 1.84. The van der Waals surface area contributed by atoms with E-state index in [-0.39, 0.29) is 11.8 Å². The minimum Gasteiger partial charge on any atom is -0.481 e. The minimum atomic E-state index is -0.800. The molecule has 1 aliphatic rings. The van der Waals surface area contributed by atoms with Crippen LogP contribution in [0.2, 0.25) is 5.02 Å². The summed E-state index contributed by atoms with van der Waals surface area (Å²) in [5.41, 5.74) is 0.774. The Bertz CT molecular complexity index is 595. The number of aromatic nitrogens is 4. The molecular formula is C11H9ClN4O2. The van der Waals surface area contributed by atoms with Crippen molar-refractivity contribution >= 4 is 17.6 Å². The first-order valence-corrected chi connectivity index (χ1v) is 5.81. The molecule has 1 aromatic heterocycles. The van der Waals surface area contributed by atoms with Gasteiger partial charge in [0.25, 0.3) is 0 Å². The highest BCUT2D eigenvalue weighted by Crippen LogP contribution is 2.46. The third-order valence-electron chi connectivity index (χ3n) is 3.00. The molecule has 1 heterocycles. The third-order valence-corrected chi connectivity index (χ3v) is 3.26. The first-order valence-electron chi connectivity index (χ1n) is 5.44. The van der Waals surface area contributed by atoms with E-state index in [1.54, 1.807) is 28.9 Å². The van der Waals surface area contributed by atoms with Crippen LogP contribution in [0.25, 0.3) is 5.69 Å². The Morgan fingerprint density at radius 1 is 1.39 bits per heavy atom. The van der Waals surface area contributed by atoms with Crippen LogP contribution < -0.4 is 0 Å². The molecule has 0 saturated heterocycles. The molecule has 2 atom stereocenters. The molecule has 2 aromatic rings. The lowest BCUT2D eigenvalue weighted by Crippen LogP contribution is -2.05. The maximum atomic E-state index is 10.9. The molecular weight excluding hydrogens is 256 g/mol. The molecule has 1 aromatic carbocycles. The lowest BCUT2D eigenvalue weighted by atomic mass is 10.3. The van der Waals surface area contributed by atoms with Gasteiger partial charge in [-0.2, -0.15) is 4.68 Å². The van der Waals surface area contributed by atoms with Crippen molar-refractivity contribution in [1.82, 2.24) is 20.2 Å². The fourth-order valence-electron chi connectivity index (χ4n) is 1.94. The number of hydrogen-bond acceptors (Lipinski definition) is 4. The van der Waals surface area contributed by atoms with E-state index in [2.05, 4.69) is 15.5 Å². The predicted octanol–water partition coefficient (Wildman–Crippen LogP) is 1.50. The number of nitrogens with zero attached hydrogens (tertiary/aromatic N) is 4. The molecule has 1 N–H and O–H groups in total. The van der Waals surface area contributed by atoms with Gasteiger partial charge >= 0.3 is 5.97 Å². The fraction of sp³-hybridized carbons (Fsp3) is 0.273. The van der Waals surface area contributed by atoms with Gasteiger partial charge in [0.05, 0.1) is 11.6 Å². The smallest absolute Gasteiger partial charge is 0.307 e. The van der Waals surface area contributed by atoms with Crippen molar-refractivity contribution in [3.05, 3.63) is 35.1 Å². The summed E-state index contributed by atoms with van der Waals surface area (Å²) >= 11 is 5.81. The molecule has 0 radical (unpaired) electrons. The molecule has 0 spiro atoms. The van der Waals surface area contributed by atoms with Crippen molar-refractivity contribution in [2.45, 2.75) is 12.3 Å². The minimum absolute atomic E-state index is 0.104. The van der Waals surface area contributed by atoms with Crippen LogP contribution in [0.15, 0.2) is 24.3 Å². The topological polar surface area (TPSA) is 80.9 Å². The number of aliphatic carboxylic acids is 1. The molecule has 2 unspecified atom stereocenters. The van der Waals surface area contributed by atoms with Gasteiger partial charge < -0.3 is 5.11 Å². The highest BCUT2D eigenvalue weighted by Gasteiger charge is 2.47. The summed E-state index contributed by atoms with van der Waals surface area (Å²) in [5, 5.41) is 21.0. The van der Waals surface area contributed by atoms with E-state index in [0.29, 0.717) is 17.3 Å². The van der Waals surface area contributed by atoms with E-state index in [4.69, 9.17) is 16.7 Å². The second-order valence-corrected chi connectivity index (χ2v) is 4.65. The van der Waals surface area contributed by atoms with Crippen molar-refractivity contribution < 1.29 is 9.90 Å². The Hall–Kier alpha value is -1.95. The van der Waals surface area contributed by atoms with Crippen molar-refractivity contribution in [3.8, 4) is 5.69 Å². The molecule has 0 bridgehead atoms. The standard InChI is InChI=1S/C11H9ClN4O2/c12-6-1-3-7(4-2-6)16-10(13-14-15-16)8-5-9(8)11(17)18/h1-4,8-9H,5H2,(H,17,18). The highest BCUT2D eigenvalue weighted by atomic mass is 35.5. The van der Waals surface area contributed by atoms with Crippen LogP contribution in [0.5, 0.6) is 0 Å². The molecule has 1 saturated carbocycles. The summed E-state index contributed by atoms with van der Waals surface area (Å²) in [6.45, 7) is 0. The molecule has 1 aliphatic carbocycles. The van der Waals surface area contributed by atoms with E-state index < -0.39 is 5.97 Å². The van der Waals surface area contributed by atoms with Crippen LogP contribution in [0.1, 0.15) is 18.2 Å². The number of carboxylic acid groups (broad SMARTS) is 1. The molecule has 6 nitrogen and oxygen atoms in total. The second kappa shape index (κ2) is 4.06. The molecule has 0 aliphatic heterocycles. The average Bonchev–Trinajstić information content (AvgIpc) is 3.01. The lowest BCUT2D eigenvalue weighted by molar-refractivity contribution is -0.138. The van der Waals surface area contributed by atoms with Crippen LogP contribution in [0.4, 0.5) is 0 Å². The zero-order valence-electron chi connectivity index (χ0n) is 9.19. The van der Waals surface area contributed by atoms with Gasteiger partial charge in [0.2, 0.25) is 0 Å². The summed E-state index contributed by atoms with van der Waals surface area (Å²) in [5.74, 6) is -0.689. The molecule has 3 rings (SSSR count). The van der Waals surface area contributed by atoms with Gasteiger partial charge in [-0.05, 0) is 41.1 Å². The van der Waals surface area contributed by atoms with Crippen LogP contribution in [-0.2, 0) is 4.79 Å². The van der Waals surface area contributed by atoms with Gasteiger partial charge in [-0.15, -0.1) is 5.10 Å². The summed E-state index contributed by atoms with van der Waals surface area (Å²) in [6.07, 6.45) is 0.587. The first-order chi connectivity index (χ1) is 8.66. The summed E-state index contributed by atoms with van der Waals surface area (Å²) in [4.78, 5) is 10.9. The number of rotatable bonds is 3. The number of hydrogen-bond donors (Lipinski definition) is 1. The summed E-state index contributed by atoms with van der Waals surface area (Å²) in [7, 11) is 0. The van der Waals surface area contributed by atoms with Gasteiger partial charge in [0, 0.05) is 10.9 Å². The van der Waals surface area contributed by atoms with E-state index in [0.717, 1.165) is 5.69 Å². The number of carboxylic acids is 1. The number of halogens is 1. The van der Waals surface area contributed by atoms with Crippen LogP contribution in [0.3, 0.4) is 0 Å². The zero-order valence-corrected chi connectivity index (χ0v) is 9.95. The lowest BCUT2D eigenvalue weighted by Gasteiger charge is -2.03. The van der Waals surface area contributed by atoms with Gasteiger partial charge in [0.15, 0.2) is 5.82 Å². The van der Waals surface area contributed by atoms with Gasteiger partial charge in [0.1, 0.15) is 0 Å². The maximum absolute atomic E-state index is 10.9.